The number of benzene rings is 2. The summed E-state index contributed by atoms with van der Waals surface area (Å²) in [5.74, 6) is 1.42. The van der Waals surface area contributed by atoms with Gasteiger partial charge >= 0.3 is 0 Å². The molecule has 8 nitrogen and oxygen atoms in total. The number of nitrogens with one attached hydrogen (secondary N) is 1. The molecule has 1 N–H and O–H groups in total. The molecule has 0 saturated heterocycles. The van der Waals surface area contributed by atoms with E-state index in [1.165, 1.54) is 13.2 Å². The highest BCUT2D eigenvalue weighted by Gasteiger charge is 2.20. The van der Waals surface area contributed by atoms with Gasteiger partial charge in [-0.1, -0.05) is 12.1 Å². The largest absolute Gasteiger partial charge is 0.495 e. The number of hydrogen-bond donors (Lipinski definition) is 1. The summed E-state index contributed by atoms with van der Waals surface area (Å²) in [6.45, 7) is 1.79. The lowest BCUT2D eigenvalue weighted by Crippen LogP contribution is -2.33. The number of carbonyl (C=O) groups is 1. The fourth-order valence-corrected chi connectivity index (χ4v) is 3.01. The maximum Gasteiger partial charge on any atom is 0.267 e. The number of rotatable bonds is 5. The van der Waals surface area contributed by atoms with Crippen LogP contribution in [0.3, 0.4) is 0 Å². The first-order valence-electron chi connectivity index (χ1n) is 9.00. The molecule has 0 fully saturated rings. The van der Waals surface area contributed by atoms with Crippen molar-refractivity contribution in [2.24, 2.45) is 0 Å². The van der Waals surface area contributed by atoms with E-state index in [-0.39, 0.29) is 18.3 Å². The van der Waals surface area contributed by atoms with Gasteiger partial charge in [-0.3, -0.25) is 9.59 Å². The number of amides is 1. The molecule has 0 radical (unpaired) electrons. The van der Waals surface area contributed by atoms with Crippen LogP contribution in [0.15, 0.2) is 59.4 Å². The van der Waals surface area contributed by atoms with Gasteiger partial charge in [-0.05, 0) is 43.3 Å². The second-order valence-electron chi connectivity index (χ2n) is 6.43. The van der Waals surface area contributed by atoms with Crippen LogP contribution in [0.5, 0.6) is 17.2 Å². The van der Waals surface area contributed by atoms with Crippen molar-refractivity contribution >= 4 is 11.6 Å². The Hall–Kier alpha value is -3.81. The van der Waals surface area contributed by atoms with Crippen molar-refractivity contribution in [3.05, 3.63) is 65.0 Å². The van der Waals surface area contributed by atoms with E-state index >= 15 is 0 Å². The van der Waals surface area contributed by atoms with E-state index in [1.54, 1.807) is 49.4 Å². The van der Waals surface area contributed by atoms with Gasteiger partial charge < -0.3 is 19.5 Å². The first-order chi connectivity index (χ1) is 14.1. The summed E-state index contributed by atoms with van der Waals surface area (Å²) in [7, 11) is 1.52. The van der Waals surface area contributed by atoms with Crippen molar-refractivity contribution in [3.63, 3.8) is 0 Å². The average Bonchev–Trinajstić information content (AvgIpc) is 3.22. The summed E-state index contributed by atoms with van der Waals surface area (Å²) in [4.78, 5) is 25.1. The number of para-hydroxylation sites is 2. The average molecular weight is 393 g/mol. The first-order valence-corrected chi connectivity index (χ1v) is 9.00. The normalized spacial score (nSPS) is 13.0. The van der Waals surface area contributed by atoms with Gasteiger partial charge in [0.05, 0.1) is 18.5 Å². The van der Waals surface area contributed by atoms with Crippen molar-refractivity contribution in [2.45, 2.75) is 13.0 Å². The smallest absolute Gasteiger partial charge is 0.267 e. The number of aromatic nitrogens is 2. The lowest BCUT2D eigenvalue weighted by atomic mass is 10.1. The molecule has 4 rings (SSSR count). The second kappa shape index (κ2) is 7.67. The molecule has 1 unspecified atom stereocenters. The SMILES string of the molecule is COc1ccccc1NC(=O)C(C)n1nc(-c2ccc3c(c2)OCO3)ccc1=O. The number of ether oxygens (including phenoxy) is 3. The molecular weight excluding hydrogens is 374 g/mol. The van der Waals surface area contributed by atoms with Crippen LogP contribution in [0.4, 0.5) is 5.69 Å². The molecule has 2 aromatic carbocycles. The predicted molar refractivity (Wildman–Crippen MR) is 106 cm³/mol. The summed E-state index contributed by atoms with van der Waals surface area (Å²) >= 11 is 0. The van der Waals surface area contributed by atoms with Crippen LogP contribution in [0.25, 0.3) is 11.3 Å². The van der Waals surface area contributed by atoms with E-state index in [0.717, 1.165) is 10.2 Å². The van der Waals surface area contributed by atoms with Crippen molar-refractivity contribution in [3.8, 4) is 28.5 Å². The minimum atomic E-state index is -0.832. The van der Waals surface area contributed by atoms with Crippen LogP contribution in [-0.4, -0.2) is 29.6 Å². The van der Waals surface area contributed by atoms with Gasteiger partial charge in [0.2, 0.25) is 12.7 Å². The third-order valence-electron chi connectivity index (χ3n) is 4.60. The maximum absolute atomic E-state index is 12.7. The third-order valence-corrected chi connectivity index (χ3v) is 4.60. The van der Waals surface area contributed by atoms with Gasteiger partial charge in [-0.15, -0.1) is 0 Å². The van der Waals surface area contributed by atoms with E-state index in [0.29, 0.717) is 28.6 Å². The fraction of sp³-hybridized carbons (Fsp3) is 0.190. The van der Waals surface area contributed by atoms with Crippen molar-refractivity contribution in [2.75, 3.05) is 19.2 Å². The first kappa shape index (κ1) is 18.5. The molecule has 3 aromatic rings. The number of nitrogens with zero attached hydrogens (tertiary/aromatic N) is 2. The Bertz CT molecular complexity index is 1130. The molecule has 0 spiro atoms. The van der Waals surface area contributed by atoms with Gasteiger partial charge in [-0.25, -0.2) is 4.68 Å². The molecule has 1 aromatic heterocycles. The van der Waals surface area contributed by atoms with Crippen LogP contribution >= 0.6 is 0 Å². The van der Waals surface area contributed by atoms with E-state index < -0.39 is 6.04 Å². The fourth-order valence-electron chi connectivity index (χ4n) is 3.01. The van der Waals surface area contributed by atoms with Crippen molar-refractivity contribution in [1.82, 2.24) is 9.78 Å². The highest BCUT2D eigenvalue weighted by Crippen LogP contribution is 2.35. The molecule has 148 valence electrons. The highest BCUT2D eigenvalue weighted by atomic mass is 16.7. The zero-order valence-electron chi connectivity index (χ0n) is 15.9. The van der Waals surface area contributed by atoms with E-state index in [1.807, 2.05) is 6.07 Å². The summed E-state index contributed by atoms with van der Waals surface area (Å²) in [5, 5.41) is 7.17. The van der Waals surface area contributed by atoms with Crippen LogP contribution in [0.2, 0.25) is 0 Å². The van der Waals surface area contributed by atoms with Crippen molar-refractivity contribution in [1.29, 1.82) is 0 Å². The Morgan fingerprint density at radius 2 is 1.93 bits per heavy atom. The Kier molecular flexibility index (Phi) is 4.90. The third kappa shape index (κ3) is 3.64. The second-order valence-corrected chi connectivity index (χ2v) is 6.43. The lowest BCUT2D eigenvalue weighted by molar-refractivity contribution is -0.119. The molecule has 0 bridgehead atoms. The Morgan fingerprint density at radius 3 is 2.76 bits per heavy atom. The van der Waals surface area contributed by atoms with Crippen molar-refractivity contribution < 1.29 is 19.0 Å². The zero-order chi connectivity index (χ0) is 20.4. The van der Waals surface area contributed by atoms with Gasteiger partial charge in [0.15, 0.2) is 11.5 Å². The predicted octanol–water partition coefficient (Wildman–Crippen LogP) is 2.85. The van der Waals surface area contributed by atoms with Gasteiger partial charge in [0.1, 0.15) is 11.8 Å². The molecule has 1 amide bonds. The van der Waals surface area contributed by atoms with Crippen LogP contribution < -0.4 is 25.1 Å². The summed E-state index contributed by atoms with van der Waals surface area (Å²) < 4.78 is 17.1. The quantitative estimate of drug-likeness (QED) is 0.717. The van der Waals surface area contributed by atoms with Crippen LogP contribution in [-0.2, 0) is 4.79 Å². The molecule has 1 aliphatic heterocycles. The number of methoxy groups -OCH3 is 1. The standard InChI is InChI=1S/C21H19N3O5/c1-13(21(26)22-16-5-3-4-6-17(16)27-2)24-20(25)10-8-15(23-24)14-7-9-18-19(11-14)29-12-28-18/h3-11,13H,12H2,1-2H3,(H,22,26). The molecule has 2 heterocycles. The summed E-state index contributed by atoms with van der Waals surface area (Å²) in [6.07, 6.45) is 0. The van der Waals surface area contributed by atoms with Crippen LogP contribution in [0, 0.1) is 0 Å². The zero-order valence-corrected chi connectivity index (χ0v) is 15.9. The number of carbonyl (C=O) groups excluding carboxylic acids is 1. The lowest BCUT2D eigenvalue weighted by Gasteiger charge is -2.16. The molecule has 8 heteroatoms. The Morgan fingerprint density at radius 1 is 1.14 bits per heavy atom. The Balaban J connectivity index is 1.61. The topological polar surface area (TPSA) is 91.7 Å². The number of anilines is 1. The summed E-state index contributed by atoms with van der Waals surface area (Å²) in [6, 6.07) is 14.6. The minimum Gasteiger partial charge on any atom is -0.495 e. The van der Waals surface area contributed by atoms with E-state index in [2.05, 4.69) is 10.4 Å². The maximum atomic E-state index is 12.7. The molecule has 1 atom stereocenters. The van der Waals surface area contributed by atoms with Gasteiger partial charge in [-0.2, -0.15) is 5.10 Å². The van der Waals surface area contributed by atoms with Gasteiger partial charge in [0.25, 0.3) is 5.56 Å². The highest BCUT2D eigenvalue weighted by molar-refractivity contribution is 5.94. The summed E-state index contributed by atoms with van der Waals surface area (Å²) in [5.41, 5.74) is 1.43. The Labute approximate surface area is 166 Å². The number of fused-ring (bicyclic) bond motifs is 1. The molecular formula is C21H19N3O5. The minimum absolute atomic E-state index is 0.172. The molecule has 1 aliphatic rings. The molecule has 0 aliphatic carbocycles. The number of hydrogen-bond acceptors (Lipinski definition) is 6. The molecule has 29 heavy (non-hydrogen) atoms. The molecule has 0 saturated carbocycles. The monoisotopic (exact) mass is 393 g/mol. The van der Waals surface area contributed by atoms with Gasteiger partial charge in [0, 0.05) is 11.6 Å². The van der Waals surface area contributed by atoms with Crippen LogP contribution in [0.1, 0.15) is 13.0 Å². The van der Waals surface area contributed by atoms with E-state index in [9.17, 15) is 9.59 Å². The van der Waals surface area contributed by atoms with E-state index in [4.69, 9.17) is 14.2 Å².